The Hall–Kier alpha value is -3.33. The lowest BCUT2D eigenvalue weighted by Gasteiger charge is -2.27. The zero-order valence-electron chi connectivity index (χ0n) is 15.1. The van der Waals surface area contributed by atoms with Gasteiger partial charge in [-0.25, -0.2) is 4.68 Å². The van der Waals surface area contributed by atoms with Crippen LogP contribution in [-0.2, 0) is 13.1 Å². The molecule has 1 aliphatic heterocycles. The molecule has 0 spiro atoms. The summed E-state index contributed by atoms with van der Waals surface area (Å²) in [6.45, 7) is 3.74. The normalized spacial score (nSPS) is 13.8. The molecule has 140 valence electrons. The number of thiophene rings is 1. The first-order valence-electron chi connectivity index (χ1n) is 8.84. The maximum Gasteiger partial charge on any atom is 0.281 e. The van der Waals surface area contributed by atoms with Crippen molar-refractivity contribution in [2.75, 3.05) is 6.54 Å². The van der Waals surface area contributed by atoms with Crippen molar-refractivity contribution in [1.82, 2.24) is 30.0 Å². The number of fused-ring (bicyclic) bond motifs is 1. The Bertz CT molecular complexity index is 1150. The van der Waals surface area contributed by atoms with Crippen LogP contribution in [0.2, 0.25) is 0 Å². The number of carbonyl (C=O) groups is 1. The van der Waals surface area contributed by atoms with Gasteiger partial charge in [-0.3, -0.25) is 4.79 Å². The van der Waals surface area contributed by atoms with Gasteiger partial charge in [-0.05, 0) is 29.5 Å². The Labute approximate surface area is 164 Å². The number of benzene rings is 1. The number of hydrogen-bond donors (Lipinski definition) is 0. The Morgan fingerprint density at radius 3 is 2.93 bits per heavy atom. The van der Waals surface area contributed by atoms with Gasteiger partial charge in [0.15, 0.2) is 11.4 Å². The summed E-state index contributed by atoms with van der Waals surface area (Å²) in [5.41, 5.74) is 3.86. The van der Waals surface area contributed by atoms with E-state index in [0.29, 0.717) is 36.8 Å². The van der Waals surface area contributed by atoms with Gasteiger partial charge >= 0.3 is 0 Å². The first kappa shape index (κ1) is 16.8. The van der Waals surface area contributed by atoms with E-state index >= 15 is 0 Å². The van der Waals surface area contributed by atoms with Crippen LogP contribution in [-0.4, -0.2) is 42.5 Å². The highest BCUT2D eigenvalue weighted by Gasteiger charge is 2.32. The zero-order chi connectivity index (χ0) is 19.1. The predicted octanol–water partition coefficient (Wildman–Crippen LogP) is 3.02. The molecule has 1 amide bonds. The molecule has 1 aliphatic rings. The molecule has 3 aromatic heterocycles. The standard InChI is InChI=1S/C19H16N6O2S/c1-12-4-2-3-5-13(12)10-24-7-8-25-16(19(24)26)15(21-23-25)18-20-17(22-27-18)14-6-9-28-11-14/h2-6,9,11H,7-8,10H2,1H3. The molecule has 0 unspecified atom stereocenters. The number of carbonyl (C=O) groups excluding carboxylic acids is 1. The molecule has 0 saturated heterocycles. The Morgan fingerprint density at radius 2 is 2.11 bits per heavy atom. The van der Waals surface area contributed by atoms with E-state index in [1.807, 2.05) is 48.0 Å². The molecule has 5 rings (SSSR count). The average molecular weight is 392 g/mol. The fourth-order valence-corrected chi connectivity index (χ4v) is 3.90. The molecule has 4 aromatic rings. The van der Waals surface area contributed by atoms with Crippen molar-refractivity contribution in [3.05, 3.63) is 57.9 Å². The van der Waals surface area contributed by atoms with Crippen LogP contribution in [0.15, 0.2) is 45.6 Å². The number of amides is 1. The van der Waals surface area contributed by atoms with E-state index in [1.54, 1.807) is 20.9 Å². The molecule has 0 N–H and O–H groups in total. The fourth-order valence-electron chi connectivity index (χ4n) is 3.26. The second kappa shape index (κ2) is 6.68. The molecule has 0 bridgehead atoms. The molecule has 9 heteroatoms. The van der Waals surface area contributed by atoms with Crippen LogP contribution in [0.1, 0.15) is 21.6 Å². The van der Waals surface area contributed by atoms with Crippen LogP contribution >= 0.6 is 11.3 Å². The lowest BCUT2D eigenvalue weighted by Crippen LogP contribution is -2.40. The highest BCUT2D eigenvalue weighted by Crippen LogP contribution is 2.27. The lowest BCUT2D eigenvalue weighted by molar-refractivity contribution is 0.0683. The van der Waals surface area contributed by atoms with E-state index in [9.17, 15) is 4.79 Å². The van der Waals surface area contributed by atoms with Crippen LogP contribution in [0.25, 0.3) is 23.0 Å². The van der Waals surface area contributed by atoms with Gasteiger partial charge in [0.05, 0.1) is 6.54 Å². The van der Waals surface area contributed by atoms with E-state index < -0.39 is 0 Å². The Kier molecular flexibility index (Phi) is 4.01. The molecular formula is C19H16N6O2S. The number of rotatable bonds is 4. The van der Waals surface area contributed by atoms with Crippen LogP contribution in [0.4, 0.5) is 0 Å². The zero-order valence-corrected chi connectivity index (χ0v) is 15.9. The third-order valence-electron chi connectivity index (χ3n) is 4.84. The van der Waals surface area contributed by atoms with Gasteiger partial charge < -0.3 is 9.42 Å². The molecule has 4 heterocycles. The van der Waals surface area contributed by atoms with Gasteiger partial charge in [0.1, 0.15) is 0 Å². The fraction of sp³-hybridized carbons (Fsp3) is 0.211. The van der Waals surface area contributed by atoms with E-state index in [4.69, 9.17) is 4.52 Å². The molecule has 1 aromatic carbocycles. The van der Waals surface area contributed by atoms with Crippen LogP contribution < -0.4 is 0 Å². The van der Waals surface area contributed by atoms with E-state index in [2.05, 4.69) is 20.5 Å². The monoisotopic (exact) mass is 392 g/mol. The topological polar surface area (TPSA) is 89.9 Å². The highest BCUT2D eigenvalue weighted by molar-refractivity contribution is 7.08. The lowest BCUT2D eigenvalue weighted by atomic mass is 10.1. The molecule has 28 heavy (non-hydrogen) atoms. The van der Waals surface area contributed by atoms with Gasteiger partial charge in [-0.15, -0.1) is 5.10 Å². The summed E-state index contributed by atoms with van der Waals surface area (Å²) in [7, 11) is 0. The molecule has 8 nitrogen and oxygen atoms in total. The summed E-state index contributed by atoms with van der Waals surface area (Å²) in [4.78, 5) is 19.4. The minimum absolute atomic E-state index is 0.134. The quantitative estimate of drug-likeness (QED) is 0.530. The van der Waals surface area contributed by atoms with Crippen molar-refractivity contribution < 1.29 is 9.32 Å². The number of nitrogens with zero attached hydrogens (tertiary/aromatic N) is 6. The summed E-state index contributed by atoms with van der Waals surface area (Å²) in [6, 6.07) is 9.98. The second-order valence-electron chi connectivity index (χ2n) is 6.60. The van der Waals surface area contributed by atoms with Crippen molar-refractivity contribution in [3.8, 4) is 23.0 Å². The molecule has 0 radical (unpaired) electrons. The molecule has 0 aliphatic carbocycles. The maximum atomic E-state index is 13.2. The number of aromatic nitrogens is 5. The number of aryl methyl sites for hydroxylation is 1. The van der Waals surface area contributed by atoms with Crippen molar-refractivity contribution in [2.24, 2.45) is 0 Å². The minimum Gasteiger partial charge on any atom is -0.332 e. The predicted molar refractivity (Wildman–Crippen MR) is 103 cm³/mol. The average Bonchev–Trinajstić information content (AvgIpc) is 3.45. The van der Waals surface area contributed by atoms with Crippen LogP contribution in [0, 0.1) is 6.92 Å². The summed E-state index contributed by atoms with van der Waals surface area (Å²) in [6.07, 6.45) is 0. The first-order chi connectivity index (χ1) is 13.7. The van der Waals surface area contributed by atoms with Crippen molar-refractivity contribution in [2.45, 2.75) is 20.0 Å². The van der Waals surface area contributed by atoms with Crippen LogP contribution in [0.5, 0.6) is 0 Å². The molecule has 0 fully saturated rings. The molecule has 0 saturated carbocycles. The Balaban J connectivity index is 1.47. The van der Waals surface area contributed by atoms with Gasteiger partial charge in [-0.1, -0.05) is 34.6 Å². The SMILES string of the molecule is Cc1ccccc1CN1CCn2nnc(-c3nc(-c4ccsc4)no3)c2C1=O. The van der Waals surface area contributed by atoms with E-state index in [0.717, 1.165) is 16.7 Å². The van der Waals surface area contributed by atoms with Crippen molar-refractivity contribution >= 4 is 17.2 Å². The summed E-state index contributed by atoms with van der Waals surface area (Å²) in [5.74, 6) is 0.538. The van der Waals surface area contributed by atoms with E-state index in [1.165, 1.54) is 0 Å². The van der Waals surface area contributed by atoms with E-state index in [-0.39, 0.29) is 11.8 Å². The number of hydrogen-bond acceptors (Lipinski definition) is 7. The minimum atomic E-state index is -0.134. The van der Waals surface area contributed by atoms with Crippen LogP contribution in [0.3, 0.4) is 0 Å². The second-order valence-corrected chi connectivity index (χ2v) is 7.38. The van der Waals surface area contributed by atoms with Gasteiger partial charge in [0, 0.05) is 24.0 Å². The van der Waals surface area contributed by atoms with Crippen molar-refractivity contribution in [3.63, 3.8) is 0 Å². The summed E-state index contributed by atoms with van der Waals surface area (Å²) in [5, 5.41) is 16.1. The maximum absolute atomic E-state index is 13.2. The smallest absolute Gasteiger partial charge is 0.281 e. The largest absolute Gasteiger partial charge is 0.332 e. The third-order valence-corrected chi connectivity index (χ3v) is 5.52. The molecular weight excluding hydrogens is 376 g/mol. The van der Waals surface area contributed by atoms with Crippen molar-refractivity contribution in [1.29, 1.82) is 0 Å². The third kappa shape index (κ3) is 2.80. The molecule has 0 atom stereocenters. The Morgan fingerprint density at radius 1 is 1.21 bits per heavy atom. The highest BCUT2D eigenvalue weighted by atomic mass is 32.1. The van der Waals surface area contributed by atoms with Gasteiger partial charge in [0.25, 0.3) is 11.8 Å². The summed E-state index contributed by atoms with van der Waals surface area (Å²) < 4.78 is 6.99. The van der Waals surface area contributed by atoms with Gasteiger partial charge in [-0.2, -0.15) is 16.3 Å². The first-order valence-corrected chi connectivity index (χ1v) is 9.79. The van der Waals surface area contributed by atoms with Gasteiger partial charge in [0.2, 0.25) is 5.82 Å². The summed E-state index contributed by atoms with van der Waals surface area (Å²) >= 11 is 1.55.